The number of allylic oxidation sites excluding steroid dienone is 1. The van der Waals surface area contributed by atoms with E-state index in [1.165, 1.54) is 42.7 Å². The van der Waals surface area contributed by atoms with Crippen LogP contribution in [0.25, 0.3) is 6.08 Å². The van der Waals surface area contributed by atoms with Crippen molar-refractivity contribution in [2.75, 3.05) is 0 Å². The van der Waals surface area contributed by atoms with Gasteiger partial charge in [-0.05, 0) is 36.4 Å². The fraction of sp³-hybridized carbons (Fsp3) is 0. The van der Waals surface area contributed by atoms with Crippen LogP contribution in [-0.2, 0) is 0 Å². The van der Waals surface area contributed by atoms with E-state index in [1.807, 2.05) is 0 Å². The van der Waals surface area contributed by atoms with Crippen LogP contribution in [-0.4, -0.2) is 10.9 Å². The van der Waals surface area contributed by atoms with Crippen LogP contribution in [0.1, 0.15) is 16.1 Å². The van der Waals surface area contributed by atoms with Crippen LogP contribution in [0.3, 0.4) is 0 Å². The summed E-state index contributed by atoms with van der Waals surface area (Å²) in [6.07, 6.45) is 4.20. The summed E-state index contributed by atoms with van der Waals surface area (Å²) in [5.41, 5.74) is -0.623. The second kappa shape index (κ2) is 5.14. The lowest BCUT2D eigenvalue weighted by molar-refractivity contribution is 0.104. The summed E-state index contributed by atoms with van der Waals surface area (Å²) in [4.78, 5) is 23.2. The highest BCUT2D eigenvalue weighted by atomic mass is 16.3. The predicted octanol–water partition coefficient (Wildman–Crippen LogP) is 2.24. The van der Waals surface area contributed by atoms with E-state index in [0.29, 0.717) is 5.76 Å². The molecule has 0 amide bonds. The number of furan rings is 1. The van der Waals surface area contributed by atoms with Crippen molar-refractivity contribution >= 4 is 11.9 Å². The number of hydrogen-bond donors (Lipinski definition) is 1. The Morgan fingerprint density at radius 1 is 1.17 bits per heavy atom. The SMILES string of the molecule is O=C(/C=C/c1ccco1)c1ccccc(=O)c1O. The monoisotopic (exact) mass is 242 g/mol. The minimum atomic E-state index is -0.588. The molecule has 0 aliphatic rings. The van der Waals surface area contributed by atoms with Gasteiger partial charge in [-0.2, -0.15) is 0 Å². The average molecular weight is 242 g/mol. The van der Waals surface area contributed by atoms with Crippen LogP contribution in [0.5, 0.6) is 5.75 Å². The molecule has 90 valence electrons. The molecule has 2 aromatic rings. The van der Waals surface area contributed by atoms with Gasteiger partial charge in [0.2, 0.25) is 5.43 Å². The van der Waals surface area contributed by atoms with E-state index in [1.54, 1.807) is 12.1 Å². The van der Waals surface area contributed by atoms with Crippen molar-refractivity contribution in [3.05, 3.63) is 70.3 Å². The molecule has 4 nitrogen and oxygen atoms in total. The first-order chi connectivity index (χ1) is 8.68. The van der Waals surface area contributed by atoms with Crippen molar-refractivity contribution in [2.45, 2.75) is 0 Å². The Balaban J connectivity index is 2.33. The molecule has 0 atom stereocenters. The van der Waals surface area contributed by atoms with Crippen LogP contribution in [0.15, 0.2) is 57.9 Å². The van der Waals surface area contributed by atoms with Crippen molar-refractivity contribution in [2.24, 2.45) is 0 Å². The number of carbonyl (C=O) groups is 1. The largest absolute Gasteiger partial charge is 0.504 e. The maximum atomic E-state index is 11.8. The Hall–Kier alpha value is -2.62. The highest BCUT2D eigenvalue weighted by Crippen LogP contribution is 2.12. The molecule has 0 radical (unpaired) electrons. The summed E-state index contributed by atoms with van der Waals surface area (Å²) in [5.74, 6) is -0.489. The molecule has 0 saturated carbocycles. The first-order valence-electron chi connectivity index (χ1n) is 5.27. The van der Waals surface area contributed by atoms with E-state index in [2.05, 4.69) is 0 Å². The summed E-state index contributed by atoms with van der Waals surface area (Å²) >= 11 is 0. The van der Waals surface area contributed by atoms with Gasteiger partial charge < -0.3 is 9.52 Å². The smallest absolute Gasteiger partial charge is 0.220 e. The van der Waals surface area contributed by atoms with E-state index in [4.69, 9.17) is 4.42 Å². The predicted molar refractivity (Wildman–Crippen MR) is 66.4 cm³/mol. The molecule has 1 aromatic carbocycles. The quantitative estimate of drug-likeness (QED) is 0.662. The van der Waals surface area contributed by atoms with Gasteiger partial charge in [-0.25, -0.2) is 0 Å². The molecule has 0 fully saturated rings. The number of aromatic hydroxyl groups is 1. The average Bonchev–Trinajstić information content (AvgIpc) is 2.82. The molecule has 1 aromatic heterocycles. The minimum absolute atomic E-state index is 0.0344. The lowest BCUT2D eigenvalue weighted by Crippen LogP contribution is -2.01. The van der Waals surface area contributed by atoms with E-state index >= 15 is 0 Å². The number of ketones is 1. The first kappa shape index (κ1) is 11.9. The zero-order valence-corrected chi connectivity index (χ0v) is 9.37. The summed E-state index contributed by atoms with van der Waals surface area (Å²) in [6.45, 7) is 0. The summed E-state index contributed by atoms with van der Waals surface area (Å²) in [5, 5.41) is 9.59. The maximum Gasteiger partial charge on any atom is 0.220 e. The molecule has 0 bridgehead atoms. The Kier molecular flexibility index (Phi) is 3.38. The van der Waals surface area contributed by atoms with Gasteiger partial charge in [-0.3, -0.25) is 9.59 Å². The Labute approximate surface area is 103 Å². The van der Waals surface area contributed by atoms with Crippen molar-refractivity contribution in [1.82, 2.24) is 0 Å². The Morgan fingerprint density at radius 3 is 2.67 bits per heavy atom. The van der Waals surface area contributed by atoms with Gasteiger partial charge >= 0.3 is 0 Å². The molecular weight excluding hydrogens is 232 g/mol. The molecule has 1 N–H and O–H groups in total. The highest BCUT2D eigenvalue weighted by Gasteiger charge is 2.09. The van der Waals surface area contributed by atoms with Crippen molar-refractivity contribution in [3.8, 4) is 5.75 Å². The van der Waals surface area contributed by atoms with Gasteiger partial charge in [0, 0.05) is 0 Å². The van der Waals surface area contributed by atoms with Gasteiger partial charge in [-0.15, -0.1) is 0 Å². The van der Waals surface area contributed by atoms with Crippen LogP contribution in [0.4, 0.5) is 0 Å². The van der Waals surface area contributed by atoms with Gasteiger partial charge in [-0.1, -0.05) is 12.1 Å². The van der Waals surface area contributed by atoms with Crippen LogP contribution >= 0.6 is 0 Å². The zero-order valence-electron chi connectivity index (χ0n) is 9.37. The van der Waals surface area contributed by atoms with Crippen LogP contribution < -0.4 is 5.43 Å². The third-order valence-corrected chi connectivity index (χ3v) is 2.32. The van der Waals surface area contributed by atoms with Crippen LogP contribution in [0, 0.1) is 0 Å². The Bertz CT molecular complexity index is 639. The first-order valence-corrected chi connectivity index (χ1v) is 5.27. The summed E-state index contributed by atoms with van der Waals surface area (Å²) < 4.78 is 5.03. The molecule has 0 aliphatic carbocycles. The molecule has 4 heteroatoms. The van der Waals surface area contributed by atoms with Gasteiger partial charge in [0.05, 0.1) is 11.8 Å². The normalized spacial score (nSPS) is 10.7. The van der Waals surface area contributed by atoms with E-state index < -0.39 is 17.0 Å². The van der Waals surface area contributed by atoms with Gasteiger partial charge in [0.25, 0.3) is 0 Å². The zero-order chi connectivity index (χ0) is 13.0. The number of rotatable bonds is 3. The van der Waals surface area contributed by atoms with Crippen molar-refractivity contribution in [1.29, 1.82) is 0 Å². The molecular formula is C14H10O4. The third-order valence-electron chi connectivity index (χ3n) is 2.32. The standard InChI is InChI=1S/C14H10O4/c15-12(8-7-10-4-3-9-18-10)11-5-1-2-6-13(16)14(11)17/h1-9H,(H,16,17)/b8-7+. The van der Waals surface area contributed by atoms with Crippen molar-refractivity contribution < 1.29 is 14.3 Å². The number of carbonyl (C=O) groups excluding carboxylic acids is 1. The van der Waals surface area contributed by atoms with Gasteiger partial charge in [0.15, 0.2) is 11.5 Å². The molecule has 0 saturated heterocycles. The van der Waals surface area contributed by atoms with E-state index in [0.717, 1.165) is 0 Å². The molecule has 0 spiro atoms. The van der Waals surface area contributed by atoms with E-state index in [9.17, 15) is 14.7 Å². The topological polar surface area (TPSA) is 67.5 Å². The molecule has 0 aliphatic heterocycles. The lowest BCUT2D eigenvalue weighted by Gasteiger charge is -1.94. The van der Waals surface area contributed by atoms with Gasteiger partial charge in [0.1, 0.15) is 5.76 Å². The summed E-state index contributed by atoms with van der Waals surface area (Å²) in [6, 6.07) is 8.96. The molecule has 0 unspecified atom stereocenters. The van der Waals surface area contributed by atoms with Crippen LogP contribution in [0.2, 0.25) is 0 Å². The van der Waals surface area contributed by atoms with E-state index in [-0.39, 0.29) is 5.56 Å². The minimum Gasteiger partial charge on any atom is -0.504 e. The fourth-order valence-corrected chi connectivity index (χ4v) is 1.42. The second-order valence-electron chi connectivity index (χ2n) is 3.56. The Morgan fingerprint density at radius 2 is 1.94 bits per heavy atom. The molecule has 18 heavy (non-hydrogen) atoms. The highest BCUT2D eigenvalue weighted by molar-refractivity contribution is 6.08. The molecule has 2 rings (SSSR count). The molecule has 1 heterocycles. The van der Waals surface area contributed by atoms with Crippen molar-refractivity contribution in [3.63, 3.8) is 0 Å². The second-order valence-corrected chi connectivity index (χ2v) is 3.56. The lowest BCUT2D eigenvalue weighted by atomic mass is 10.1. The third kappa shape index (κ3) is 2.55. The summed E-state index contributed by atoms with van der Waals surface area (Å²) in [7, 11) is 0. The fourth-order valence-electron chi connectivity index (χ4n) is 1.42. The number of hydrogen-bond acceptors (Lipinski definition) is 4. The maximum absolute atomic E-state index is 11.8.